The van der Waals surface area contributed by atoms with Crippen molar-refractivity contribution in [2.24, 2.45) is 17.4 Å². The van der Waals surface area contributed by atoms with E-state index in [0.29, 0.717) is 33.2 Å². The van der Waals surface area contributed by atoms with Crippen LogP contribution in [0.1, 0.15) is 86.6 Å². The maximum atomic E-state index is 14.9. The van der Waals surface area contributed by atoms with Crippen LogP contribution in [0.25, 0.3) is 21.8 Å². The van der Waals surface area contributed by atoms with Gasteiger partial charge in [-0.05, 0) is 96.5 Å². The third-order valence-electron chi connectivity index (χ3n) is 19.0. The summed E-state index contributed by atoms with van der Waals surface area (Å²) in [5.41, 5.74) is 15.7. The van der Waals surface area contributed by atoms with Crippen LogP contribution in [-0.4, -0.2) is 229 Å². The van der Waals surface area contributed by atoms with Crippen molar-refractivity contribution >= 4 is 129 Å². The maximum Gasteiger partial charge on any atom is 0.326 e. The van der Waals surface area contributed by atoms with Gasteiger partial charge < -0.3 is 116 Å². The number of aromatic nitrogens is 2. The molecular formula is C81H102N18O20S. The molecule has 0 spiro atoms. The number of amides is 12. The van der Waals surface area contributed by atoms with Gasteiger partial charge in [-0.25, -0.2) is 4.79 Å². The molecule has 12 amide bonds. The van der Waals surface area contributed by atoms with Crippen molar-refractivity contribution in [3.8, 4) is 5.75 Å². The average Bonchev–Trinajstić information content (AvgIpc) is 1.17. The summed E-state index contributed by atoms with van der Waals surface area (Å²) in [4.78, 5) is 213. The molecule has 38 nitrogen and oxygen atoms in total. The van der Waals surface area contributed by atoms with Gasteiger partial charge in [-0.3, -0.25) is 72.5 Å². The van der Waals surface area contributed by atoms with E-state index in [1.807, 2.05) is 24.3 Å². The maximum absolute atomic E-state index is 14.9. The average molecular weight is 1680 g/mol. The molecule has 7 rings (SSSR count). The molecule has 0 bridgehead atoms. The van der Waals surface area contributed by atoms with Gasteiger partial charge in [0, 0.05) is 85.0 Å². The topological polar surface area (TPSA) is 621 Å². The fourth-order valence-electron chi connectivity index (χ4n) is 12.8. The van der Waals surface area contributed by atoms with Crippen LogP contribution in [0.5, 0.6) is 5.75 Å². The Labute approximate surface area is 694 Å². The molecule has 0 fully saturated rings. The molecular weight excluding hydrogens is 1580 g/mol. The molecule has 120 heavy (non-hydrogen) atoms. The van der Waals surface area contributed by atoms with E-state index in [1.54, 1.807) is 111 Å². The molecule has 11 atom stereocenters. The van der Waals surface area contributed by atoms with E-state index in [9.17, 15) is 97.5 Å². The summed E-state index contributed by atoms with van der Waals surface area (Å²) < 4.78 is 0. The van der Waals surface area contributed by atoms with Crippen molar-refractivity contribution in [2.75, 3.05) is 32.0 Å². The van der Waals surface area contributed by atoms with Crippen LogP contribution >= 0.6 is 12.6 Å². The second kappa shape index (κ2) is 47.1. The highest BCUT2D eigenvalue weighted by Gasteiger charge is 2.37. The van der Waals surface area contributed by atoms with E-state index >= 15 is 0 Å². The predicted octanol–water partition coefficient (Wildman–Crippen LogP) is -1.68. The Balaban J connectivity index is 1.06. The summed E-state index contributed by atoms with van der Waals surface area (Å²) in [7, 11) is 0. The van der Waals surface area contributed by atoms with Crippen LogP contribution in [0.2, 0.25) is 0 Å². The monoisotopic (exact) mass is 1680 g/mol. The minimum absolute atomic E-state index is 0.0113. The lowest BCUT2D eigenvalue weighted by Gasteiger charge is -2.27. The minimum atomic E-state index is -1.87. The Morgan fingerprint density at radius 3 is 1.23 bits per heavy atom. The van der Waals surface area contributed by atoms with Gasteiger partial charge in [-0.2, -0.15) is 12.6 Å². The Bertz CT molecular complexity index is 4740. The molecule has 39 heteroatoms. The molecule has 5 aromatic carbocycles. The number of H-pyrrole nitrogens is 2. The van der Waals surface area contributed by atoms with Gasteiger partial charge in [0.25, 0.3) is 0 Å². The first-order valence-corrected chi connectivity index (χ1v) is 39.2. The van der Waals surface area contributed by atoms with Crippen LogP contribution in [0.3, 0.4) is 0 Å². The number of hydrogen-bond donors (Lipinski definition) is 24. The summed E-state index contributed by atoms with van der Waals surface area (Å²) in [5, 5.41) is 91.5. The largest absolute Gasteiger partial charge is 0.508 e. The van der Waals surface area contributed by atoms with Gasteiger partial charge >= 0.3 is 17.9 Å². The Hall–Kier alpha value is -13.4. The van der Waals surface area contributed by atoms with E-state index in [1.165, 1.54) is 24.3 Å². The van der Waals surface area contributed by atoms with Crippen LogP contribution in [0.15, 0.2) is 146 Å². The summed E-state index contributed by atoms with van der Waals surface area (Å²) in [6.07, 6.45) is -0.376. The molecule has 0 aliphatic heterocycles. The number of carbonyl (C=O) groups excluding carboxylic acids is 12. The third-order valence-corrected chi connectivity index (χ3v) is 19.4. The molecule has 0 unspecified atom stereocenters. The first-order valence-electron chi connectivity index (χ1n) is 38.5. The van der Waals surface area contributed by atoms with Gasteiger partial charge in [0.2, 0.25) is 70.9 Å². The zero-order valence-electron chi connectivity index (χ0n) is 65.8. The molecule has 2 aromatic heterocycles. The van der Waals surface area contributed by atoms with Crippen molar-refractivity contribution in [3.63, 3.8) is 0 Å². The number of phenols is 1. The van der Waals surface area contributed by atoms with Crippen molar-refractivity contribution in [1.29, 1.82) is 5.41 Å². The first-order chi connectivity index (χ1) is 57.3. The summed E-state index contributed by atoms with van der Waals surface area (Å²) in [6.45, 7) is 0.732. The molecule has 642 valence electrons. The number of hydrogen-bond acceptors (Lipinski definition) is 20. The van der Waals surface area contributed by atoms with E-state index < -0.39 is 219 Å². The fraction of sp³-hybridized carbons (Fsp3) is 0.383. The summed E-state index contributed by atoms with van der Waals surface area (Å²) >= 11 is 4.25. The number of thiol groups is 1. The standard InChI is InChI=1S/C81H102N18O20S/c1-44(2)32-63(80(118)119)98-74(112)58(28-30-69(106)107)93-79(117)65(43-120)99-76(114)61(34-46-16-7-4-8-17-46)95-75(113)60(33-45-14-5-3-6-15-45)96-78(116)64(42-100)91-67(103)41-89-71(109)59(35-47-23-25-50(101)26-24-47)94-73(111)57(27-29-68(104)105)92-77(115)62(37-49-39-87-55-21-12-10-19-52(49)55)97-72(110)56(22-13-31-85-81(83)84)90-66(102)40-88-70(108)53(82)36-48-38-86-54-20-11-9-18-51(48)54/h3-12,14-21,23-26,38-39,44,53,56-65,86-87,100-101,120H,13,22,27-37,40-43,82H2,1-2H3,(H,88,108)(H,89,109)(H,90,102)(H,91,103)(H,92,115)(H,93,117)(H,94,111)(H,95,113)(H,96,116)(H,97,110)(H,98,112)(H,99,114)(H,104,105)(H,106,107)(H,118,119)(H4,83,84,85)/t53-,56-,57-,58-,59-,60-,61-,62-,63-,64-,65-/m0/s1. The lowest BCUT2D eigenvalue weighted by atomic mass is 10.0. The second-order valence-electron chi connectivity index (χ2n) is 28.8. The van der Waals surface area contributed by atoms with Gasteiger partial charge in [-0.1, -0.05) is 123 Å². The molecule has 0 aliphatic carbocycles. The normalized spacial score (nSPS) is 13.8. The SMILES string of the molecule is CC(C)C[C@H](NC(=O)[C@H](CCC(=O)O)NC(=O)[C@H](CS)NC(=O)[C@H](Cc1ccccc1)NC(=O)[C@H](Cc1ccccc1)NC(=O)[C@H](CO)NC(=O)CNC(=O)[C@H](Cc1ccc(O)cc1)NC(=O)[C@H](CCC(=O)O)NC(=O)[C@H](Cc1c[nH]c2ccccc12)NC(=O)[C@H](CCCNC(=N)N)NC(=O)CNC(=O)[C@@H](N)Cc1c[nH]c2ccccc12)C(=O)O. The number of carboxylic acids is 3. The number of para-hydroxylation sites is 2. The van der Waals surface area contributed by atoms with E-state index in [2.05, 4.69) is 91.7 Å². The quantitative estimate of drug-likeness (QED) is 0.00877. The zero-order valence-corrected chi connectivity index (χ0v) is 66.7. The number of fused-ring (bicyclic) bond motifs is 2. The minimum Gasteiger partial charge on any atom is -0.508 e. The number of aliphatic hydroxyl groups excluding tert-OH is 1. The number of aliphatic hydroxyl groups is 1. The molecule has 7 aromatic rings. The number of aliphatic carboxylic acids is 3. The van der Waals surface area contributed by atoms with E-state index in [0.717, 1.165) is 16.5 Å². The van der Waals surface area contributed by atoms with Gasteiger partial charge in [0.15, 0.2) is 5.96 Å². The van der Waals surface area contributed by atoms with Gasteiger partial charge in [0.05, 0.1) is 25.7 Å². The smallest absolute Gasteiger partial charge is 0.326 e. The highest BCUT2D eigenvalue weighted by atomic mass is 32.1. The first kappa shape index (κ1) is 93.7. The Morgan fingerprint density at radius 2 is 0.783 bits per heavy atom. The molecule has 2 heterocycles. The third kappa shape index (κ3) is 30.6. The number of aromatic hydroxyl groups is 1. The van der Waals surface area contributed by atoms with E-state index in [4.69, 9.17) is 16.9 Å². The van der Waals surface area contributed by atoms with E-state index in [-0.39, 0.29) is 63.2 Å². The van der Waals surface area contributed by atoms with Gasteiger partial charge in [-0.15, -0.1) is 0 Å². The van der Waals surface area contributed by atoms with Crippen molar-refractivity contribution in [3.05, 3.63) is 174 Å². The predicted molar refractivity (Wildman–Crippen MR) is 440 cm³/mol. The molecule has 0 saturated heterocycles. The highest BCUT2D eigenvalue weighted by Crippen LogP contribution is 2.22. The lowest BCUT2D eigenvalue weighted by molar-refractivity contribution is -0.143. The Kier molecular flexibility index (Phi) is 36.8. The fourth-order valence-corrected chi connectivity index (χ4v) is 13.0. The number of nitrogens with two attached hydrogens (primary N) is 2. The number of aromatic amines is 2. The molecule has 0 saturated carbocycles. The van der Waals surface area contributed by atoms with Crippen LogP contribution < -0.4 is 80.6 Å². The summed E-state index contributed by atoms with van der Waals surface area (Å²) in [5.74, 6) is -17.5. The number of benzene rings is 5. The second-order valence-corrected chi connectivity index (χ2v) is 29.2. The van der Waals surface area contributed by atoms with Gasteiger partial charge in [0.1, 0.15) is 66.2 Å². The number of nitrogens with one attached hydrogen (secondary N) is 16. The molecule has 0 radical (unpaired) electrons. The van der Waals surface area contributed by atoms with Crippen LogP contribution in [0.4, 0.5) is 0 Å². The number of guanidine groups is 1. The number of carbonyl (C=O) groups is 15. The highest BCUT2D eigenvalue weighted by molar-refractivity contribution is 7.80. The molecule has 25 N–H and O–H groups in total. The lowest BCUT2D eigenvalue weighted by Crippen LogP contribution is -2.61. The zero-order chi connectivity index (χ0) is 87.5. The summed E-state index contributed by atoms with van der Waals surface area (Å²) in [6, 6.07) is 18.7. The molecule has 0 aliphatic rings. The van der Waals surface area contributed by atoms with Crippen LogP contribution in [-0.2, 0) is 104 Å². The van der Waals surface area contributed by atoms with Crippen LogP contribution in [0, 0.1) is 11.3 Å². The van der Waals surface area contributed by atoms with Crippen molar-refractivity contribution < 1.29 is 97.5 Å². The number of carboxylic acid groups (broad SMARTS) is 3. The number of phenolic OH excluding ortho intramolecular Hbond substituents is 1. The number of rotatable bonds is 49. The Morgan fingerprint density at radius 1 is 0.417 bits per heavy atom. The van der Waals surface area contributed by atoms with Crippen molar-refractivity contribution in [1.82, 2.24) is 79.1 Å². The van der Waals surface area contributed by atoms with Crippen molar-refractivity contribution in [2.45, 2.75) is 157 Å².